The molecule has 10 heavy (non-hydrogen) atoms. The molecular weight excluding hydrogens is 128 g/mol. The fourth-order valence-corrected chi connectivity index (χ4v) is 0.689. The van der Waals surface area contributed by atoms with Gasteiger partial charge in [-0.05, 0) is 6.92 Å². The molecule has 0 aliphatic heterocycles. The lowest BCUT2D eigenvalue weighted by molar-refractivity contribution is -0.131. The van der Waals surface area contributed by atoms with Gasteiger partial charge in [-0.25, -0.2) is 0 Å². The van der Waals surface area contributed by atoms with Gasteiger partial charge < -0.3 is 5.11 Å². The van der Waals surface area contributed by atoms with Gasteiger partial charge in [-0.3, -0.25) is 4.79 Å². The zero-order chi connectivity index (χ0) is 8.36. The van der Waals surface area contributed by atoms with Crippen molar-refractivity contribution in [2.24, 2.45) is 5.41 Å². The zero-order valence-corrected chi connectivity index (χ0v) is 7.14. The van der Waals surface area contributed by atoms with Crippen molar-refractivity contribution in [3.63, 3.8) is 0 Å². The summed E-state index contributed by atoms with van der Waals surface area (Å²) < 4.78 is 0. The van der Waals surface area contributed by atoms with Gasteiger partial charge in [0.15, 0.2) is 0 Å². The minimum atomic E-state index is -0.575. The maximum Gasteiger partial charge on any atom is 0.140 e. The summed E-state index contributed by atoms with van der Waals surface area (Å²) in [6, 6.07) is 0. The van der Waals surface area contributed by atoms with Crippen LogP contribution in [0.3, 0.4) is 0 Å². The summed E-state index contributed by atoms with van der Waals surface area (Å²) in [5.74, 6) is 0.113. The summed E-state index contributed by atoms with van der Waals surface area (Å²) in [7, 11) is 0. The van der Waals surface area contributed by atoms with E-state index < -0.39 is 11.5 Å². The van der Waals surface area contributed by atoms with E-state index in [4.69, 9.17) is 5.11 Å². The molecule has 0 aliphatic rings. The molecule has 0 radical (unpaired) electrons. The summed E-state index contributed by atoms with van der Waals surface area (Å²) in [6.45, 7) is 6.99. The van der Waals surface area contributed by atoms with Crippen molar-refractivity contribution in [3.05, 3.63) is 0 Å². The smallest absolute Gasteiger partial charge is 0.140 e. The van der Waals surface area contributed by atoms with Gasteiger partial charge in [0.1, 0.15) is 5.78 Å². The second-order valence-electron chi connectivity index (χ2n) is 3.17. The summed E-state index contributed by atoms with van der Waals surface area (Å²) >= 11 is 0. The molecule has 0 saturated carbocycles. The van der Waals surface area contributed by atoms with Crippen molar-refractivity contribution < 1.29 is 9.90 Å². The number of ketones is 1. The first-order chi connectivity index (χ1) is 4.42. The largest absolute Gasteiger partial charge is 0.392 e. The van der Waals surface area contributed by atoms with E-state index in [-0.39, 0.29) is 5.78 Å². The van der Waals surface area contributed by atoms with Crippen LogP contribution in [0.2, 0.25) is 0 Å². The molecule has 0 fully saturated rings. The van der Waals surface area contributed by atoms with Crippen LogP contribution >= 0.6 is 0 Å². The third kappa shape index (κ3) is 1.81. The van der Waals surface area contributed by atoms with Gasteiger partial charge in [-0.1, -0.05) is 20.8 Å². The average Bonchev–Trinajstić information content (AvgIpc) is 1.86. The van der Waals surface area contributed by atoms with Gasteiger partial charge in [0.25, 0.3) is 0 Å². The van der Waals surface area contributed by atoms with Crippen LogP contribution in [-0.2, 0) is 4.79 Å². The Morgan fingerprint density at radius 1 is 1.60 bits per heavy atom. The number of hydrogen-bond donors (Lipinski definition) is 1. The van der Waals surface area contributed by atoms with Crippen LogP contribution in [-0.4, -0.2) is 17.0 Å². The molecule has 2 nitrogen and oxygen atoms in total. The van der Waals surface area contributed by atoms with Crippen LogP contribution in [0.4, 0.5) is 0 Å². The second-order valence-corrected chi connectivity index (χ2v) is 3.17. The van der Waals surface area contributed by atoms with Crippen molar-refractivity contribution >= 4 is 5.78 Å². The molecule has 0 bridgehead atoms. The highest BCUT2D eigenvalue weighted by Crippen LogP contribution is 2.22. The molecule has 1 atom stereocenters. The number of carbonyl (C=O) groups excluding carboxylic acids is 1. The van der Waals surface area contributed by atoms with Crippen molar-refractivity contribution in [2.75, 3.05) is 0 Å². The van der Waals surface area contributed by atoms with E-state index >= 15 is 0 Å². The Labute approximate surface area is 62.2 Å². The van der Waals surface area contributed by atoms with E-state index in [1.807, 2.05) is 6.92 Å². The Morgan fingerprint density at radius 3 is 2.10 bits per heavy atom. The number of aliphatic hydroxyl groups is 1. The molecule has 1 unspecified atom stereocenters. The van der Waals surface area contributed by atoms with E-state index in [9.17, 15) is 4.79 Å². The Bertz CT molecular complexity index is 125. The quantitative estimate of drug-likeness (QED) is 0.649. The van der Waals surface area contributed by atoms with Crippen molar-refractivity contribution in [3.8, 4) is 0 Å². The first-order valence-corrected chi connectivity index (χ1v) is 3.64. The monoisotopic (exact) mass is 144 g/mol. The van der Waals surface area contributed by atoms with Crippen LogP contribution < -0.4 is 0 Å². The number of carbonyl (C=O) groups is 1. The van der Waals surface area contributed by atoms with Crippen LogP contribution in [0.25, 0.3) is 0 Å². The van der Waals surface area contributed by atoms with E-state index in [0.717, 1.165) is 0 Å². The molecule has 1 N–H and O–H groups in total. The highest BCUT2D eigenvalue weighted by atomic mass is 16.3. The van der Waals surface area contributed by atoms with Gasteiger partial charge in [0.2, 0.25) is 0 Å². The van der Waals surface area contributed by atoms with E-state index in [2.05, 4.69) is 0 Å². The molecule has 0 aromatic heterocycles. The summed E-state index contributed by atoms with van der Waals surface area (Å²) in [4.78, 5) is 11.1. The molecule has 60 valence electrons. The van der Waals surface area contributed by atoms with Crippen LogP contribution in [0.15, 0.2) is 0 Å². The van der Waals surface area contributed by atoms with Crippen LogP contribution in [0, 0.1) is 5.41 Å². The van der Waals surface area contributed by atoms with Crippen molar-refractivity contribution in [1.82, 2.24) is 0 Å². The summed E-state index contributed by atoms with van der Waals surface area (Å²) in [5.41, 5.74) is -0.575. The Balaban J connectivity index is 4.24. The maximum atomic E-state index is 11.1. The molecule has 0 aliphatic carbocycles. The van der Waals surface area contributed by atoms with Crippen molar-refractivity contribution in [1.29, 1.82) is 0 Å². The number of hydrogen-bond acceptors (Lipinski definition) is 2. The first kappa shape index (κ1) is 9.63. The SMILES string of the molecule is CCC(=O)C(C)(C)C(C)O. The van der Waals surface area contributed by atoms with E-state index in [1.54, 1.807) is 20.8 Å². The van der Waals surface area contributed by atoms with Gasteiger partial charge in [-0.15, -0.1) is 0 Å². The molecule has 0 saturated heterocycles. The molecular formula is C8H16O2. The van der Waals surface area contributed by atoms with E-state index in [0.29, 0.717) is 6.42 Å². The normalized spacial score (nSPS) is 14.9. The summed E-state index contributed by atoms with van der Waals surface area (Å²) in [6.07, 6.45) is -0.0577. The molecule has 2 heteroatoms. The number of Topliss-reactive ketones (excluding diaryl/α,β-unsaturated/α-hetero) is 1. The van der Waals surface area contributed by atoms with E-state index in [1.165, 1.54) is 0 Å². The standard InChI is InChI=1S/C8H16O2/c1-5-7(10)8(3,4)6(2)9/h6,9H,5H2,1-4H3. The lowest BCUT2D eigenvalue weighted by Crippen LogP contribution is -2.34. The Kier molecular flexibility index (Phi) is 3.03. The molecule has 0 rings (SSSR count). The van der Waals surface area contributed by atoms with Crippen LogP contribution in [0.1, 0.15) is 34.1 Å². The predicted molar refractivity (Wildman–Crippen MR) is 40.8 cm³/mol. The molecule has 0 heterocycles. The first-order valence-electron chi connectivity index (χ1n) is 3.64. The van der Waals surface area contributed by atoms with Crippen LogP contribution in [0.5, 0.6) is 0 Å². The minimum absolute atomic E-state index is 0.113. The second kappa shape index (κ2) is 3.15. The highest BCUT2D eigenvalue weighted by Gasteiger charge is 2.30. The molecule has 0 aromatic carbocycles. The summed E-state index contributed by atoms with van der Waals surface area (Å²) in [5, 5.41) is 9.16. The Hall–Kier alpha value is -0.370. The van der Waals surface area contributed by atoms with Gasteiger partial charge >= 0.3 is 0 Å². The lowest BCUT2D eigenvalue weighted by Gasteiger charge is -2.25. The highest BCUT2D eigenvalue weighted by molar-refractivity contribution is 5.84. The molecule has 0 spiro atoms. The van der Waals surface area contributed by atoms with Crippen molar-refractivity contribution in [2.45, 2.75) is 40.2 Å². The zero-order valence-electron chi connectivity index (χ0n) is 7.14. The topological polar surface area (TPSA) is 37.3 Å². The Morgan fingerprint density at radius 2 is 2.00 bits per heavy atom. The maximum absolute atomic E-state index is 11.1. The number of aliphatic hydroxyl groups excluding tert-OH is 1. The minimum Gasteiger partial charge on any atom is -0.392 e. The third-order valence-electron chi connectivity index (χ3n) is 2.08. The van der Waals surface area contributed by atoms with Gasteiger partial charge in [-0.2, -0.15) is 0 Å². The predicted octanol–water partition coefficient (Wildman–Crippen LogP) is 1.37. The fourth-order valence-electron chi connectivity index (χ4n) is 0.689. The lowest BCUT2D eigenvalue weighted by atomic mass is 9.82. The van der Waals surface area contributed by atoms with Gasteiger partial charge in [0, 0.05) is 11.8 Å². The molecule has 0 amide bonds. The fraction of sp³-hybridized carbons (Fsp3) is 0.875. The number of rotatable bonds is 3. The average molecular weight is 144 g/mol. The van der Waals surface area contributed by atoms with Gasteiger partial charge in [0.05, 0.1) is 6.10 Å². The third-order valence-corrected chi connectivity index (χ3v) is 2.08. The molecule has 0 aromatic rings.